The lowest BCUT2D eigenvalue weighted by atomic mass is 10.1. The summed E-state index contributed by atoms with van der Waals surface area (Å²) in [4.78, 5) is 18.7. The predicted molar refractivity (Wildman–Crippen MR) is 88.4 cm³/mol. The summed E-state index contributed by atoms with van der Waals surface area (Å²) >= 11 is 4.98. The van der Waals surface area contributed by atoms with Gasteiger partial charge in [0.2, 0.25) is 5.91 Å². The molecular formula is C15H22N4OS. The molecule has 6 heteroatoms. The number of piperidine rings is 1. The van der Waals surface area contributed by atoms with Crippen LogP contribution in [-0.2, 0) is 4.79 Å². The van der Waals surface area contributed by atoms with E-state index in [1.807, 2.05) is 24.0 Å². The van der Waals surface area contributed by atoms with Crippen LogP contribution in [0.5, 0.6) is 0 Å². The molecule has 2 heterocycles. The molecule has 5 nitrogen and oxygen atoms in total. The van der Waals surface area contributed by atoms with Gasteiger partial charge in [-0.3, -0.25) is 4.79 Å². The maximum Gasteiger partial charge on any atom is 0.224 e. The quantitative estimate of drug-likeness (QED) is 0.812. The molecule has 0 spiro atoms. The van der Waals surface area contributed by atoms with Gasteiger partial charge in [-0.15, -0.1) is 0 Å². The molecule has 1 aromatic rings. The Labute approximate surface area is 130 Å². The summed E-state index contributed by atoms with van der Waals surface area (Å²) in [5, 5.41) is 3.18. The third kappa shape index (κ3) is 4.67. The second-order valence-electron chi connectivity index (χ2n) is 5.36. The van der Waals surface area contributed by atoms with Crippen molar-refractivity contribution in [3.8, 4) is 0 Å². The predicted octanol–water partition coefficient (Wildman–Crippen LogP) is 1.84. The first-order valence-corrected chi connectivity index (χ1v) is 7.77. The zero-order chi connectivity index (χ0) is 15.2. The number of aryl methyl sites for hydroxylation is 1. The molecule has 1 aromatic heterocycles. The number of rotatable bonds is 5. The van der Waals surface area contributed by atoms with Crippen LogP contribution in [0.2, 0.25) is 0 Å². The highest BCUT2D eigenvalue weighted by atomic mass is 32.1. The number of hydrogen-bond acceptors (Lipinski definition) is 4. The Hall–Kier alpha value is -1.69. The summed E-state index contributed by atoms with van der Waals surface area (Å²) in [6.07, 6.45) is 3.96. The van der Waals surface area contributed by atoms with Gasteiger partial charge in [-0.25, -0.2) is 4.98 Å². The Bertz CT molecular complexity index is 526. The van der Waals surface area contributed by atoms with Gasteiger partial charge in [0.1, 0.15) is 10.8 Å². The molecule has 0 aromatic carbocycles. The normalized spacial score (nSPS) is 14.8. The number of pyridine rings is 1. The van der Waals surface area contributed by atoms with Crippen molar-refractivity contribution in [1.82, 2.24) is 9.88 Å². The molecule has 3 N–H and O–H groups in total. The van der Waals surface area contributed by atoms with E-state index >= 15 is 0 Å². The van der Waals surface area contributed by atoms with Gasteiger partial charge < -0.3 is 16.0 Å². The highest BCUT2D eigenvalue weighted by Gasteiger charge is 2.15. The number of nitrogens with one attached hydrogen (secondary N) is 1. The molecule has 0 saturated carbocycles. The Morgan fingerprint density at radius 3 is 2.76 bits per heavy atom. The third-order valence-corrected chi connectivity index (χ3v) is 3.83. The molecular weight excluding hydrogens is 284 g/mol. The first kappa shape index (κ1) is 15.7. The van der Waals surface area contributed by atoms with E-state index in [1.54, 1.807) is 0 Å². The molecule has 0 atom stereocenters. The molecule has 1 saturated heterocycles. The second kappa shape index (κ2) is 7.36. The molecule has 1 aliphatic heterocycles. The van der Waals surface area contributed by atoms with Crippen LogP contribution in [0.1, 0.15) is 36.9 Å². The third-order valence-electron chi connectivity index (χ3n) is 3.59. The molecule has 1 fully saturated rings. The number of thiocarbonyl (C=S) groups is 1. The fourth-order valence-corrected chi connectivity index (χ4v) is 2.62. The first-order valence-electron chi connectivity index (χ1n) is 7.36. The molecule has 21 heavy (non-hydrogen) atoms. The minimum absolute atomic E-state index is 0.212. The number of carbonyl (C=O) groups excluding carboxylic acids is 1. The van der Waals surface area contributed by atoms with Crippen LogP contribution >= 0.6 is 12.2 Å². The summed E-state index contributed by atoms with van der Waals surface area (Å²) in [6.45, 7) is 4.26. The number of carbonyl (C=O) groups is 1. The average Bonchev–Trinajstić information content (AvgIpc) is 2.47. The van der Waals surface area contributed by atoms with Crippen molar-refractivity contribution in [2.45, 2.75) is 32.6 Å². The summed E-state index contributed by atoms with van der Waals surface area (Å²) in [7, 11) is 0. The monoisotopic (exact) mass is 306 g/mol. The molecule has 1 aliphatic rings. The van der Waals surface area contributed by atoms with Crippen LogP contribution < -0.4 is 11.1 Å². The zero-order valence-electron chi connectivity index (χ0n) is 12.4. The topological polar surface area (TPSA) is 71.2 Å². The fraction of sp³-hybridized carbons (Fsp3) is 0.533. The van der Waals surface area contributed by atoms with Crippen LogP contribution in [0.4, 0.5) is 5.82 Å². The van der Waals surface area contributed by atoms with Gasteiger partial charge in [-0.05, 0) is 38.3 Å². The summed E-state index contributed by atoms with van der Waals surface area (Å²) in [6, 6.07) is 3.67. The largest absolute Gasteiger partial charge is 0.389 e. The maximum atomic E-state index is 12.1. The lowest BCUT2D eigenvalue weighted by molar-refractivity contribution is -0.131. The van der Waals surface area contributed by atoms with Crippen molar-refractivity contribution < 1.29 is 4.79 Å². The van der Waals surface area contributed by atoms with Crippen molar-refractivity contribution in [3.05, 3.63) is 23.4 Å². The van der Waals surface area contributed by atoms with Crippen LogP contribution in [0, 0.1) is 6.92 Å². The molecule has 0 unspecified atom stereocenters. The van der Waals surface area contributed by atoms with E-state index in [9.17, 15) is 4.79 Å². The van der Waals surface area contributed by atoms with Gasteiger partial charge in [-0.1, -0.05) is 12.2 Å². The van der Waals surface area contributed by atoms with Gasteiger partial charge >= 0.3 is 0 Å². The number of hydrogen-bond donors (Lipinski definition) is 2. The van der Waals surface area contributed by atoms with Crippen LogP contribution in [0.3, 0.4) is 0 Å². The van der Waals surface area contributed by atoms with Crippen LogP contribution in [-0.4, -0.2) is 40.4 Å². The van der Waals surface area contributed by atoms with E-state index in [2.05, 4.69) is 10.3 Å². The standard InChI is InChI=1S/C15H22N4OS/c1-11-9-12(15(16)21)10-13(18-11)17-6-5-14(20)19-7-3-2-4-8-19/h9-10H,2-8H2,1H3,(H2,16,21)(H,17,18). The van der Waals surface area contributed by atoms with Gasteiger partial charge in [-0.2, -0.15) is 0 Å². The minimum Gasteiger partial charge on any atom is -0.389 e. The Morgan fingerprint density at radius 2 is 2.10 bits per heavy atom. The molecule has 1 amide bonds. The van der Waals surface area contributed by atoms with E-state index in [-0.39, 0.29) is 5.91 Å². The summed E-state index contributed by atoms with van der Waals surface area (Å²) in [5.74, 6) is 0.925. The van der Waals surface area contributed by atoms with E-state index in [0.717, 1.165) is 37.2 Å². The lowest BCUT2D eigenvalue weighted by Gasteiger charge is -2.26. The van der Waals surface area contributed by atoms with E-state index < -0.39 is 0 Å². The number of nitrogens with two attached hydrogens (primary N) is 1. The Kier molecular flexibility index (Phi) is 5.50. The van der Waals surface area contributed by atoms with Crippen molar-refractivity contribution in [2.75, 3.05) is 25.0 Å². The highest BCUT2D eigenvalue weighted by Crippen LogP contribution is 2.12. The van der Waals surface area contributed by atoms with E-state index in [4.69, 9.17) is 18.0 Å². The summed E-state index contributed by atoms with van der Waals surface area (Å²) < 4.78 is 0. The molecule has 114 valence electrons. The van der Waals surface area contributed by atoms with E-state index in [0.29, 0.717) is 23.8 Å². The van der Waals surface area contributed by atoms with Gasteiger partial charge in [0.05, 0.1) is 0 Å². The Morgan fingerprint density at radius 1 is 1.38 bits per heavy atom. The number of likely N-dealkylation sites (tertiary alicyclic amines) is 1. The first-order chi connectivity index (χ1) is 10.1. The number of amides is 1. The maximum absolute atomic E-state index is 12.1. The van der Waals surface area contributed by atoms with Gasteiger partial charge in [0.15, 0.2) is 0 Å². The average molecular weight is 306 g/mol. The minimum atomic E-state index is 0.212. The van der Waals surface area contributed by atoms with Gasteiger partial charge in [0, 0.05) is 37.3 Å². The molecule has 2 rings (SSSR count). The number of nitrogens with zero attached hydrogens (tertiary/aromatic N) is 2. The number of aromatic nitrogens is 1. The van der Waals surface area contributed by atoms with Crippen molar-refractivity contribution in [1.29, 1.82) is 0 Å². The molecule has 0 radical (unpaired) electrons. The van der Waals surface area contributed by atoms with Crippen molar-refractivity contribution in [2.24, 2.45) is 5.73 Å². The van der Waals surface area contributed by atoms with Crippen molar-refractivity contribution >= 4 is 28.9 Å². The zero-order valence-corrected chi connectivity index (χ0v) is 13.2. The summed E-state index contributed by atoms with van der Waals surface area (Å²) in [5.41, 5.74) is 7.29. The fourth-order valence-electron chi connectivity index (χ4n) is 2.50. The van der Waals surface area contributed by atoms with E-state index in [1.165, 1.54) is 6.42 Å². The number of anilines is 1. The highest BCUT2D eigenvalue weighted by molar-refractivity contribution is 7.80. The SMILES string of the molecule is Cc1cc(C(N)=S)cc(NCCC(=O)N2CCCCC2)n1. The lowest BCUT2D eigenvalue weighted by Crippen LogP contribution is -2.36. The van der Waals surface area contributed by atoms with Crippen LogP contribution in [0.15, 0.2) is 12.1 Å². The molecule has 0 bridgehead atoms. The van der Waals surface area contributed by atoms with Crippen molar-refractivity contribution in [3.63, 3.8) is 0 Å². The van der Waals surface area contributed by atoms with Crippen LogP contribution in [0.25, 0.3) is 0 Å². The van der Waals surface area contributed by atoms with Gasteiger partial charge in [0.25, 0.3) is 0 Å². The Balaban J connectivity index is 1.85. The second-order valence-corrected chi connectivity index (χ2v) is 5.80. The molecule has 0 aliphatic carbocycles. The smallest absolute Gasteiger partial charge is 0.224 e.